The lowest BCUT2D eigenvalue weighted by Gasteiger charge is -2.35. The third-order valence-electron chi connectivity index (χ3n) is 6.36. The number of benzene rings is 1. The zero-order chi connectivity index (χ0) is 21.9. The molecule has 1 aromatic carbocycles. The second-order valence-electron chi connectivity index (χ2n) is 9.31. The van der Waals surface area contributed by atoms with Crippen molar-refractivity contribution in [3.8, 4) is 0 Å². The second kappa shape index (κ2) is 7.41. The van der Waals surface area contributed by atoms with Crippen molar-refractivity contribution in [3.05, 3.63) is 36.0 Å². The van der Waals surface area contributed by atoms with Crippen LogP contribution in [0.15, 0.2) is 30.3 Å². The van der Waals surface area contributed by atoms with Crippen LogP contribution in [-0.2, 0) is 11.3 Å². The Morgan fingerprint density at radius 3 is 2.39 bits per heavy atom. The summed E-state index contributed by atoms with van der Waals surface area (Å²) in [7, 11) is 3.45. The number of para-hydroxylation sites is 1. The Balaban J connectivity index is 1.71. The Bertz CT molecular complexity index is 1160. The van der Waals surface area contributed by atoms with Gasteiger partial charge in [-0.3, -0.25) is 9.36 Å². The van der Waals surface area contributed by atoms with Crippen LogP contribution in [0.4, 0.5) is 4.79 Å². The van der Waals surface area contributed by atoms with E-state index in [4.69, 9.17) is 4.74 Å². The van der Waals surface area contributed by atoms with E-state index in [0.29, 0.717) is 24.7 Å². The number of carbonyl (C=O) groups is 2. The SMILES string of the molecule is C[C@H]1CN(C(=O)c2cc3c(c4ccccc4n3CC3CC3)n2C(=O)N(C)C)C[C@H](C)O1. The van der Waals surface area contributed by atoms with Crippen molar-refractivity contribution >= 4 is 33.9 Å². The number of ether oxygens (including phenoxy) is 1. The Kier molecular flexibility index (Phi) is 4.81. The first-order valence-corrected chi connectivity index (χ1v) is 11.1. The molecule has 1 aliphatic carbocycles. The molecule has 3 aromatic rings. The molecule has 2 atom stereocenters. The highest BCUT2D eigenvalue weighted by atomic mass is 16.5. The summed E-state index contributed by atoms with van der Waals surface area (Å²) in [5.74, 6) is 0.558. The molecule has 164 valence electrons. The summed E-state index contributed by atoms with van der Waals surface area (Å²) < 4.78 is 9.72. The average Bonchev–Trinajstić information content (AvgIpc) is 3.39. The number of hydrogen-bond acceptors (Lipinski definition) is 3. The van der Waals surface area contributed by atoms with Crippen molar-refractivity contribution in [1.29, 1.82) is 0 Å². The highest BCUT2D eigenvalue weighted by Gasteiger charge is 2.33. The molecule has 7 heteroatoms. The standard InChI is InChI=1S/C24H30N4O3/c1-15-12-26(13-16(2)31-15)23(29)21-11-20-22(28(21)24(30)25(3)4)18-7-5-6-8-19(18)27(20)14-17-9-10-17/h5-8,11,15-17H,9-10,12-14H2,1-4H3/t15-,16-/m0/s1. The molecule has 0 unspecified atom stereocenters. The summed E-state index contributed by atoms with van der Waals surface area (Å²) >= 11 is 0. The van der Waals surface area contributed by atoms with E-state index in [0.717, 1.165) is 28.5 Å². The summed E-state index contributed by atoms with van der Waals surface area (Å²) in [6.45, 7) is 5.93. The monoisotopic (exact) mass is 422 g/mol. The van der Waals surface area contributed by atoms with Gasteiger partial charge in [0.1, 0.15) is 5.69 Å². The maximum Gasteiger partial charge on any atom is 0.328 e. The first-order valence-electron chi connectivity index (χ1n) is 11.1. The highest BCUT2D eigenvalue weighted by Crippen LogP contribution is 2.37. The predicted octanol–water partition coefficient (Wildman–Crippen LogP) is 3.79. The molecule has 2 fully saturated rings. The molecule has 2 amide bonds. The number of fused-ring (bicyclic) bond motifs is 3. The minimum Gasteiger partial charge on any atom is -0.372 e. The number of rotatable bonds is 3. The minimum atomic E-state index is -0.206. The van der Waals surface area contributed by atoms with Gasteiger partial charge in [-0.15, -0.1) is 0 Å². The topological polar surface area (TPSA) is 59.7 Å². The normalized spacial score (nSPS) is 21.7. The maximum atomic E-state index is 13.7. The fourth-order valence-corrected chi connectivity index (χ4v) is 4.82. The number of morpholine rings is 1. The van der Waals surface area contributed by atoms with Crippen LogP contribution in [0.3, 0.4) is 0 Å². The van der Waals surface area contributed by atoms with E-state index in [9.17, 15) is 9.59 Å². The number of carbonyl (C=O) groups excluding carboxylic acids is 2. The van der Waals surface area contributed by atoms with Crippen LogP contribution < -0.4 is 0 Å². The van der Waals surface area contributed by atoms with Gasteiger partial charge in [0.15, 0.2) is 0 Å². The number of amides is 2. The lowest BCUT2D eigenvalue weighted by molar-refractivity contribution is -0.0587. The van der Waals surface area contributed by atoms with Crippen LogP contribution in [0.5, 0.6) is 0 Å². The van der Waals surface area contributed by atoms with Crippen LogP contribution in [0.25, 0.3) is 21.9 Å². The number of nitrogens with zero attached hydrogens (tertiary/aromatic N) is 4. The Morgan fingerprint density at radius 2 is 1.74 bits per heavy atom. The summed E-state index contributed by atoms with van der Waals surface area (Å²) in [5, 5.41) is 1.01. The lowest BCUT2D eigenvalue weighted by atomic mass is 10.2. The van der Waals surface area contributed by atoms with E-state index in [1.54, 1.807) is 18.7 Å². The zero-order valence-corrected chi connectivity index (χ0v) is 18.7. The molecule has 7 nitrogen and oxygen atoms in total. The van der Waals surface area contributed by atoms with Crippen molar-refractivity contribution in [2.45, 2.75) is 45.4 Å². The van der Waals surface area contributed by atoms with Crippen molar-refractivity contribution in [2.24, 2.45) is 5.92 Å². The smallest absolute Gasteiger partial charge is 0.328 e. The lowest BCUT2D eigenvalue weighted by Crippen LogP contribution is -2.49. The predicted molar refractivity (Wildman–Crippen MR) is 121 cm³/mol. The van der Waals surface area contributed by atoms with Crippen molar-refractivity contribution < 1.29 is 14.3 Å². The summed E-state index contributed by atoms with van der Waals surface area (Å²) in [5.41, 5.74) is 3.33. The van der Waals surface area contributed by atoms with E-state index in [1.807, 2.05) is 43.0 Å². The van der Waals surface area contributed by atoms with Gasteiger partial charge in [-0.05, 0) is 44.7 Å². The Hall–Kier alpha value is -2.80. The van der Waals surface area contributed by atoms with Gasteiger partial charge in [0.2, 0.25) is 0 Å². The summed E-state index contributed by atoms with van der Waals surface area (Å²) in [6.07, 6.45) is 2.42. The molecule has 3 heterocycles. The van der Waals surface area contributed by atoms with Gasteiger partial charge >= 0.3 is 6.03 Å². The van der Waals surface area contributed by atoms with Crippen LogP contribution in [0.2, 0.25) is 0 Å². The van der Waals surface area contributed by atoms with Gasteiger partial charge in [0, 0.05) is 39.1 Å². The van der Waals surface area contributed by atoms with Crippen molar-refractivity contribution in [2.75, 3.05) is 27.2 Å². The van der Waals surface area contributed by atoms with Gasteiger partial charge < -0.3 is 19.1 Å². The Morgan fingerprint density at radius 1 is 1.06 bits per heavy atom. The molecule has 2 aliphatic rings. The molecule has 2 aromatic heterocycles. The largest absolute Gasteiger partial charge is 0.372 e. The third kappa shape index (κ3) is 3.41. The quantitative estimate of drug-likeness (QED) is 0.645. The van der Waals surface area contributed by atoms with E-state index < -0.39 is 0 Å². The molecule has 0 radical (unpaired) electrons. The van der Waals surface area contributed by atoms with Gasteiger partial charge in [-0.1, -0.05) is 18.2 Å². The number of hydrogen-bond donors (Lipinski definition) is 0. The van der Waals surface area contributed by atoms with E-state index in [2.05, 4.69) is 10.6 Å². The fourth-order valence-electron chi connectivity index (χ4n) is 4.82. The molecule has 0 N–H and O–H groups in total. The Labute approximate surface area is 182 Å². The molecule has 0 bridgehead atoms. The van der Waals surface area contributed by atoms with Crippen molar-refractivity contribution in [1.82, 2.24) is 18.9 Å². The maximum absolute atomic E-state index is 13.7. The molecule has 0 spiro atoms. The number of aromatic nitrogens is 2. The molecule has 1 saturated carbocycles. The van der Waals surface area contributed by atoms with Gasteiger partial charge in [-0.2, -0.15) is 0 Å². The van der Waals surface area contributed by atoms with Crippen LogP contribution in [0, 0.1) is 5.92 Å². The first-order chi connectivity index (χ1) is 14.8. The van der Waals surface area contributed by atoms with Crippen LogP contribution >= 0.6 is 0 Å². The summed E-state index contributed by atoms with van der Waals surface area (Å²) in [4.78, 5) is 30.3. The van der Waals surface area contributed by atoms with E-state index in [-0.39, 0.29) is 24.1 Å². The second-order valence-corrected chi connectivity index (χ2v) is 9.31. The minimum absolute atomic E-state index is 0.0281. The zero-order valence-electron chi connectivity index (χ0n) is 18.7. The molecule has 1 saturated heterocycles. The van der Waals surface area contributed by atoms with Crippen LogP contribution in [0.1, 0.15) is 37.2 Å². The molecule has 1 aliphatic heterocycles. The highest BCUT2D eigenvalue weighted by molar-refractivity contribution is 6.14. The van der Waals surface area contributed by atoms with Gasteiger partial charge in [0.25, 0.3) is 5.91 Å². The van der Waals surface area contributed by atoms with Crippen LogP contribution in [-0.4, -0.2) is 70.3 Å². The third-order valence-corrected chi connectivity index (χ3v) is 6.36. The van der Waals surface area contributed by atoms with E-state index in [1.165, 1.54) is 17.7 Å². The molecule has 31 heavy (non-hydrogen) atoms. The van der Waals surface area contributed by atoms with Gasteiger partial charge in [-0.25, -0.2) is 4.79 Å². The molecule has 5 rings (SSSR count). The van der Waals surface area contributed by atoms with Crippen molar-refractivity contribution in [3.63, 3.8) is 0 Å². The van der Waals surface area contributed by atoms with Gasteiger partial charge in [0.05, 0.1) is 28.8 Å². The fraction of sp³-hybridized carbons (Fsp3) is 0.500. The molecular weight excluding hydrogens is 392 g/mol. The molecular formula is C24H30N4O3. The van der Waals surface area contributed by atoms with E-state index >= 15 is 0 Å². The average molecular weight is 423 g/mol. The first kappa shape index (κ1) is 20.1. The summed E-state index contributed by atoms with van der Waals surface area (Å²) in [6, 6.07) is 9.90.